The monoisotopic (exact) mass is 457 g/mol. The van der Waals surface area contributed by atoms with E-state index in [2.05, 4.69) is 0 Å². The zero-order chi connectivity index (χ0) is 23.0. The van der Waals surface area contributed by atoms with Crippen molar-refractivity contribution in [2.24, 2.45) is 0 Å². The van der Waals surface area contributed by atoms with Gasteiger partial charge in [0.25, 0.3) is 20.0 Å². The van der Waals surface area contributed by atoms with E-state index in [0.29, 0.717) is 9.27 Å². The lowest BCUT2D eigenvalue weighted by Crippen LogP contribution is -2.37. The van der Waals surface area contributed by atoms with Gasteiger partial charge in [0, 0.05) is 5.56 Å². The van der Waals surface area contributed by atoms with Gasteiger partial charge in [0.2, 0.25) is 0 Å². The van der Waals surface area contributed by atoms with Crippen LogP contribution in [0.5, 0.6) is 0 Å². The van der Waals surface area contributed by atoms with E-state index >= 15 is 0 Å². The third kappa shape index (κ3) is 4.40. The third-order valence-electron chi connectivity index (χ3n) is 5.02. The van der Waals surface area contributed by atoms with E-state index in [4.69, 9.17) is 0 Å². The second-order valence-electron chi connectivity index (χ2n) is 7.37. The van der Waals surface area contributed by atoms with Crippen molar-refractivity contribution in [3.63, 3.8) is 0 Å². The summed E-state index contributed by atoms with van der Waals surface area (Å²) in [6.45, 7) is 6.78. The number of carbonyl (C=O) groups is 1. The number of aryl methyl sites for hydroxylation is 3. The molecule has 3 aromatic rings. The van der Waals surface area contributed by atoms with Gasteiger partial charge in [0.1, 0.15) is 0 Å². The Labute approximate surface area is 183 Å². The van der Waals surface area contributed by atoms with Crippen molar-refractivity contribution in [1.29, 1.82) is 0 Å². The lowest BCUT2D eigenvalue weighted by Gasteiger charge is -2.24. The zero-order valence-electron chi connectivity index (χ0n) is 17.7. The summed E-state index contributed by atoms with van der Waals surface area (Å²) in [7, 11) is -8.95. The predicted octanol–water partition coefficient (Wildman–Crippen LogP) is 4.40. The van der Waals surface area contributed by atoms with Crippen LogP contribution >= 0.6 is 0 Å². The normalized spacial score (nSPS) is 11.9. The van der Waals surface area contributed by atoms with Crippen LogP contribution in [0.4, 0.5) is 5.69 Å². The molecule has 3 rings (SSSR count). The first-order chi connectivity index (χ1) is 14.4. The van der Waals surface area contributed by atoms with Gasteiger partial charge in [-0.15, -0.1) is 0 Å². The molecule has 0 bridgehead atoms. The fraction of sp³-hybridized carbons (Fsp3) is 0.174. The number of hydrogen-bond acceptors (Lipinski definition) is 5. The van der Waals surface area contributed by atoms with Crippen LogP contribution in [0.2, 0.25) is 0 Å². The molecule has 0 aliphatic carbocycles. The van der Waals surface area contributed by atoms with Gasteiger partial charge in [0.05, 0.1) is 15.5 Å². The number of sulfonamides is 2. The third-order valence-corrected chi connectivity index (χ3v) is 9.21. The number of Topliss-reactive ketones (excluding diaryl/α,β-unsaturated/α-hetero) is 1. The fourth-order valence-corrected chi connectivity index (χ4v) is 6.78. The quantitative estimate of drug-likeness (QED) is 0.512. The maximum atomic E-state index is 13.6. The number of ketones is 1. The fourth-order valence-electron chi connectivity index (χ4n) is 3.00. The van der Waals surface area contributed by atoms with Crippen LogP contribution in [0.25, 0.3) is 0 Å². The molecule has 0 saturated heterocycles. The maximum Gasteiger partial charge on any atom is 0.277 e. The second-order valence-corrected chi connectivity index (χ2v) is 11.2. The summed E-state index contributed by atoms with van der Waals surface area (Å²) in [5.41, 5.74) is 2.72. The summed E-state index contributed by atoms with van der Waals surface area (Å²) in [4.78, 5) is 11.3. The molecule has 8 heteroatoms. The molecule has 31 heavy (non-hydrogen) atoms. The molecule has 0 aliphatic rings. The van der Waals surface area contributed by atoms with E-state index < -0.39 is 20.0 Å². The minimum atomic E-state index is -4.48. The molecule has 0 heterocycles. The minimum absolute atomic E-state index is 0.0798. The zero-order valence-corrected chi connectivity index (χ0v) is 19.3. The Balaban J connectivity index is 2.26. The Hall–Kier alpha value is -2.97. The standard InChI is InChI=1S/C23H23NO5S2/c1-16-5-12-22(13-6-16)30(26,27)24(21-10-8-20(9-11-21)19(4)25)31(28,29)23-14-7-17(2)18(3)15-23/h5-15H,1-4H3. The van der Waals surface area contributed by atoms with Gasteiger partial charge in [0.15, 0.2) is 5.78 Å². The molecule has 0 atom stereocenters. The first-order valence-corrected chi connectivity index (χ1v) is 12.4. The summed E-state index contributed by atoms with van der Waals surface area (Å²) < 4.78 is 54.6. The minimum Gasteiger partial charge on any atom is -0.295 e. The van der Waals surface area contributed by atoms with Crippen molar-refractivity contribution in [1.82, 2.24) is 0 Å². The van der Waals surface area contributed by atoms with E-state index in [1.165, 1.54) is 55.5 Å². The van der Waals surface area contributed by atoms with E-state index in [0.717, 1.165) is 16.7 Å². The summed E-state index contributed by atoms with van der Waals surface area (Å²) in [5, 5.41) is 0. The number of benzene rings is 3. The van der Waals surface area contributed by atoms with Gasteiger partial charge in [-0.25, -0.2) is 16.8 Å². The summed E-state index contributed by atoms with van der Waals surface area (Å²) in [5.74, 6) is -0.212. The van der Waals surface area contributed by atoms with Gasteiger partial charge >= 0.3 is 0 Å². The molecule has 0 amide bonds. The van der Waals surface area contributed by atoms with Crippen molar-refractivity contribution >= 4 is 31.5 Å². The SMILES string of the molecule is CC(=O)c1ccc(N(S(=O)(=O)c2ccc(C)cc2)S(=O)(=O)c2ccc(C)c(C)c2)cc1. The Morgan fingerprint density at radius 1 is 0.677 bits per heavy atom. The second kappa shape index (κ2) is 8.28. The highest BCUT2D eigenvalue weighted by Crippen LogP contribution is 2.32. The van der Waals surface area contributed by atoms with Crippen molar-refractivity contribution in [3.8, 4) is 0 Å². The number of anilines is 1. The van der Waals surface area contributed by atoms with E-state index in [1.807, 2.05) is 6.92 Å². The maximum absolute atomic E-state index is 13.6. The Kier molecular flexibility index (Phi) is 6.07. The van der Waals surface area contributed by atoms with Crippen LogP contribution in [0.1, 0.15) is 34.0 Å². The van der Waals surface area contributed by atoms with Gasteiger partial charge < -0.3 is 0 Å². The summed E-state index contributed by atoms with van der Waals surface area (Å²) in [6, 6.07) is 15.9. The Morgan fingerprint density at radius 3 is 1.71 bits per heavy atom. The van der Waals surface area contributed by atoms with Crippen LogP contribution in [0.15, 0.2) is 76.5 Å². The summed E-state index contributed by atoms with van der Waals surface area (Å²) in [6.07, 6.45) is 0. The van der Waals surface area contributed by atoms with Crippen molar-refractivity contribution < 1.29 is 21.6 Å². The van der Waals surface area contributed by atoms with Crippen molar-refractivity contribution in [2.45, 2.75) is 37.5 Å². The molecule has 0 aliphatic heterocycles. The molecule has 0 N–H and O–H groups in total. The molecule has 162 valence electrons. The van der Waals surface area contributed by atoms with E-state index in [1.54, 1.807) is 32.0 Å². The van der Waals surface area contributed by atoms with E-state index in [-0.39, 0.29) is 21.3 Å². The average Bonchev–Trinajstić information content (AvgIpc) is 2.70. The van der Waals surface area contributed by atoms with Gasteiger partial charge in [-0.1, -0.05) is 23.8 Å². The van der Waals surface area contributed by atoms with Crippen molar-refractivity contribution in [2.75, 3.05) is 3.71 Å². The van der Waals surface area contributed by atoms with E-state index in [9.17, 15) is 21.6 Å². The highest BCUT2D eigenvalue weighted by atomic mass is 32.3. The van der Waals surface area contributed by atoms with Crippen LogP contribution in [-0.2, 0) is 20.0 Å². The largest absolute Gasteiger partial charge is 0.295 e. The number of rotatable bonds is 6. The molecule has 0 fully saturated rings. The first-order valence-electron chi connectivity index (χ1n) is 9.50. The molecule has 3 aromatic carbocycles. The lowest BCUT2D eigenvalue weighted by atomic mass is 10.1. The van der Waals surface area contributed by atoms with Gasteiger partial charge in [-0.05, 0) is 87.4 Å². The predicted molar refractivity (Wildman–Crippen MR) is 120 cm³/mol. The lowest BCUT2D eigenvalue weighted by molar-refractivity contribution is 0.101. The summed E-state index contributed by atoms with van der Waals surface area (Å²) >= 11 is 0. The molecule has 6 nitrogen and oxygen atoms in total. The van der Waals surface area contributed by atoms with Crippen LogP contribution in [0.3, 0.4) is 0 Å². The molecule has 0 aromatic heterocycles. The molecule has 0 spiro atoms. The number of nitrogens with zero attached hydrogens (tertiary/aromatic N) is 1. The highest BCUT2D eigenvalue weighted by Gasteiger charge is 2.37. The molecule has 0 radical (unpaired) electrons. The Morgan fingerprint density at radius 2 is 1.19 bits per heavy atom. The average molecular weight is 458 g/mol. The number of carbonyl (C=O) groups excluding carboxylic acids is 1. The Bertz CT molecular complexity index is 1340. The molecule has 0 saturated carbocycles. The van der Waals surface area contributed by atoms with Gasteiger partial charge in [-0.2, -0.15) is 3.71 Å². The molecular formula is C23H23NO5S2. The molecular weight excluding hydrogens is 434 g/mol. The topological polar surface area (TPSA) is 88.6 Å². The first kappa shape index (κ1) is 22.7. The van der Waals surface area contributed by atoms with Crippen LogP contribution in [0, 0.1) is 20.8 Å². The number of hydrogen-bond donors (Lipinski definition) is 0. The van der Waals surface area contributed by atoms with Crippen LogP contribution in [-0.4, -0.2) is 22.6 Å². The van der Waals surface area contributed by atoms with Gasteiger partial charge in [-0.3, -0.25) is 4.79 Å². The highest BCUT2D eigenvalue weighted by molar-refractivity contribution is 8.10. The smallest absolute Gasteiger partial charge is 0.277 e. The van der Waals surface area contributed by atoms with Crippen LogP contribution < -0.4 is 3.71 Å². The molecule has 0 unspecified atom stereocenters. The van der Waals surface area contributed by atoms with Crippen molar-refractivity contribution in [3.05, 3.63) is 89.0 Å².